The van der Waals surface area contributed by atoms with Crippen molar-refractivity contribution in [2.75, 3.05) is 6.01 Å². The molecule has 0 aromatic heterocycles. The molecule has 0 saturated carbocycles. The molecular formula is C10H7Cl2F5S2. The highest BCUT2D eigenvalue weighted by Crippen LogP contribution is 2.45. The molecule has 0 bridgehead atoms. The third-order valence-electron chi connectivity index (χ3n) is 1.51. The van der Waals surface area contributed by atoms with Gasteiger partial charge < -0.3 is 0 Å². The normalized spacial score (nSPS) is 14.7. The van der Waals surface area contributed by atoms with Crippen molar-refractivity contribution in [1.82, 2.24) is 0 Å². The predicted molar refractivity (Wildman–Crippen MR) is 73.4 cm³/mol. The number of hydrogen-bond acceptors (Lipinski definition) is 2. The third kappa shape index (κ3) is 6.74. The molecule has 108 valence electrons. The molecule has 0 aliphatic carbocycles. The minimum atomic E-state index is -4.72. The van der Waals surface area contributed by atoms with Gasteiger partial charge >= 0.3 is 5.51 Å². The number of alkyl halides is 4. The first-order valence-electron chi connectivity index (χ1n) is 4.35. The molecule has 0 fully saturated rings. The summed E-state index contributed by atoms with van der Waals surface area (Å²) in [4.78, 5) is -0.705. The van der Waals surface area contributed by atoms with E-state index in [9.17, 15) is 22.0 Å². The van der Waals surface area contributed by atoms with Crippen molar-refractivity contribution in [3.8, 4) is 0 Å². The zero-order valence-electron chi connectivity index (χ0n) is 9.16. The first kappa shape index (κ1) is 18.9. The summed E-state index contributed by atoms with van der Waals surface area (Å²) in [6.45, 7) is 6.46. The van der Waals surface area contributed by atoms with Gasteiger partial charge in [-0.2, -0.15) is 13.2 Å². The van der Waals surface area contributed by atoms with Gasteiger partial charge in [-0.15, -0.1) is 0 Å². The molecule has 0 spiro atoms. The van der Waals surface area contributed by atoms with Crippen LogP contribution in [-0.2, 0) is 0 Å². The van der Waals surface area contributed by atoms with E-state index in [4.69, 9.17) is 23.2 Å². The standard InChI is InChI=1S/C10H7Cl2F5S2/c1-3-6(5(2)11)7(14)8(18-4-13)9(12)19-10(15,16)17/h3H,1-2,4H2. The lowest BCUT2D eigenvalue weighted by Gasteiger charge is -2.10. The second kappa shape index (κ2) is 8.24. The summed E-state index contributed by atoms with van der Waals surface area (Å²) in [5.41, 5.74) is -5.07. The van der Waals surface area contributed by atoms with Crippen molar-refractivity contribution >= 4 is 46.7 Å². The van der Waals surface area contributed by atoms with Crippen molar-refractivity contribution in [2.24, 2.45) is 0 Å². The van der Waals surface area contributed by atoms with Gasteiger partial charge in [0.1, 0.15) is 11.8 Å². The highest BCUT2D eigenvalue weighted by atomic mass is 35.5. The lowest BCUT2D eigenvalue weighted by Crippen LogP contribution is -2.00. The zero-order valence-corrected chi connectivity index (χ0v) is 12.3. The van der Waals surface area contributed by atoms with Crippen molar-refractivity contribution < 1.29 is 22.0 Å². The first-order chi connectivity index (χ1) is 8.64. The number of hydrogen-bond donors (Lipinski definition) is 0. The molecule has 0 atom stereocenters. The summed E-state index contributed by atoms with van der Waals surface area (Å²) >= 11 is 10.2. The number of rotatable bonds is 6. The van der Waals surface area contributed by atoms with Gasteiger partial charge in [0, 0.05) is 10.6 Å². The van der Waals surface area contributed by atoms with Gasteiger partial charge in [0.25, 0.3) is 0 Å². The van der Waals surface area contributed by atoms with E-state index in [1.54, 1.807) is 0 Å². The number of allylic oxidation sites excluding steroid dienone is 4. The van der Waals surface area contributed by atoms with Crippen LogP contribution in [0.5, 0.6) is 0 Å². The van der Waals surface area contributed by atoms with Gasteiger partial charge in [0.2, 0.25) is 0 Å². The van der Waals surface area contributed by atoms with Crippen LogP contribution in [0, 0.1) is 0 Å². The Labute approximate surface area is 125 Å². The fourth-order valence-electron chi connectivity index (χ4n) is 0.851. The van der Waals surface area contributed by atoms with Gasteiger partial charge in [-0.25, -0.2) is 8.78 Å². The molecule has 0 unspecified atom stereocenters. The van der Waals surface area contributed by atoms with Gasteiger partial charge in [-0.05, 0) is 11.8 Å². The summed E-state index contributed by atoms with van der Waals surface area (Å²) < 4.78 is 61.7. The topological polar surface area (TPSA) is 0 Å². The van der Waals surface area contributed by atoms with Gasteiger partial charge in [-0.1, -0.05) is 54.2 Å². The molecule has 0 radical (unpaired) electrons. The lowest BCUT2D eigenvalue weighted by atomic mass is 10.2. The Morgan fingerprint density at radius 2 is 1.79 bits per heavy atom. The Hall–Kier alpha value is -0.110. The van der Waals surface area contributed by atoms with Gasteiger partial charge in [0.15, 0.2) is 0 Å². The smallest absolute Gasteiger partial charge is 0.239 e. The van der Waals surface area contributed by atoms with Crippen LogP contribution in [0.15, 0.2) is 44.9 Å². The monoisotopic (exact) mass is 356 g/mol. The Kier molecular flexibility index (Phi) is 8.19. The molecular weight excluding hydrogens is 350 g/mol. The Morgan fingerprint density at radius 1 is 1.26 bits per heavy atom. The minimum Gasteiger partial charge on any atom is -0.239 e. The molecule has 0 N–H and O–H groups in total. The predicted octanol–water partition coefficient (Wildman–Crippen LogP) is 6.47. The average Bonchev–Trinajstić information content (AvgIpc) is 2.23. The second-order valence-corrected chi connectivity index (χ2v) is 5.79. The molecule has 9 heteroatoms. The maximum absolute atomic E-state index is 13.9. The summed E-state index contributed by atoms with van der Waals surface area (Å²) in [6, 6.07) is -1.16. The van der Waals surface area contributed by atoms with E-state index < -0.39 is 38.4 Å². The maximum Gasteiger partial charge on any atom is 0.447 e. The quantitative estimate of drug-likeness (QED) is 0.395. The van der Waals surface area contributed by atoms with Crippen LogP contribution < -0.4 is 0 Å². The summed E-state index contributed by atoms with van der Waals surface area (Å²) in [6.07, 6.45) is 0.950. The molecule has 19 heavy (non-hydrogen) atoms. The van der Waals surface area contributed by atoms with E-state index in [1.165, 1.54) is 0 Å². The van der Waals surface area contributed by atoms with Crippen LogP contribution in [0.2, 0.25) is 0 Å². The zero-order chi connectivity index (χ0) is 15.2. The van der Waals surface area contributed by atoms with Crippen molar-refractivity contribution in [3.05, 3.63) is 44.9 Å². The Bertz CT molecular complexity index is 426. The highest BCUT2D eigenvalue weighted by molar-refractivity contribution is 8.08. The molecule has 0 aliphatic heterocycles. The van der Waals surface area contributed by atoms with Crippen molar-refractivity contribution in [3.63, 3.8) is 0 Å². The lowest BCUT2D eigenvalue weighted by molar-refractivity contribution is -0.0320. The van der Waals surface area contributed by atoms with Crippen LogP contribution in [0.1, 0.15) is 0 Å². The SMILES string of the molecule is C=CC(C(=C)Cl)=C(F)C(SCF)=C(Cl)SC(F)(F)F. The molecule has 0 aromatic carbocycles. The fourth-order valence-corrected chi connectivity index (χ4v) is 2.67. The summed E-state index contributed by atoms with van der Waals surface area (Å²) in [7, 11) is 0. The summed E-state index contributed by atoms with van der Waals surface area (Å²) in [5, 5.41) is -0.286. The van der Waals surface area contributed by atoms with E-state index in [1.807, 2.05) is 0 Å². The third-order valence-corrected chi connectivity index (χ3v) is 3.78. The molecule has 0 saturated heterocycles. The number of halogens is 7. The van der Waals surface area contributed by atoms with E-state index in [0.717, 1.165) is 6.08 Å². The van der Waals surface area contributed by atoms with Crippen LogP contribution in [0.4, 0.5) is 22.0 Å². The van der Waals surface area contributed by atoms with E-state index in [2.05, 4.69) is 13.2 Å². The Morgan fingerprint density at radius 3 is 2.11 bits per heavy atom. The number of thioether (sulfide) groups is 2. The minimum absolute atomic E-state index is 0.174. The molecule has 0 aliphatic rings. The average molecular weight is 357 g/mol. The van der Waals surface area contributed by atoms with E-state index >= 15 is 0 Å². The first-order valence-corrected chi connectivity index (χ1v) is 6.91. The molecule has 0 heterocycles. The van der Waals surface area contributed by atoms with Crippen molar-refractivity contribution in [1.29, 1.82) is 0 Å². The van der Waals surface area contributed by atoms with E-state index in [0.29, 0.717) is 0 Å². The largest absolute Gasteiger partial charge is 0.447 e. The highest BCUT2D eigenvalue weighted by Gasteiger charge is 2.32. The van der Waals surface area contributed by atoms with Crippen LogP contribution in [0.3, 0.4) is 0 Å². The molecule has 0 rings (SSSR count). The van der Waals surface area contributed by atoms with Crippen molar-refractivity contribution in [2.45, 2.75) is 5.51 Å². The molecule has 0 amide bonds. The van der Waals surface area contributed by atoms with E-state index in [-0.39, 0.29) is 22.4 Å². The van der Waals surface area contributed by atoms with Crippen LogP contribution in [0.25, 0.3) is 0 Å². The molecule has 0 aromatic rings. The fraction of sp³-hybridized carbons (Fsp3) is 0.200. The summed E-state index contributed by atoms with van der Waals surface area (Å²) in [5.74, 6) is -1.21. The molecule has 0 nitrogen and oxygen atoms in total. The second-order valence-electron chi connectivity index (χ2n) is 2.74. The maximum atomic E-state index is 13.9. The van der Waals surface area contributed by atoms with Crippen LogP contribution in [-0.4, -0.2) is 11.5 Å². The van der Waals surface area contributed by atoms with Gasteiger partial charge in [-0.3, -0.25) is 0 Å². The van der Waals surface area contributed by atoms with Crippen LogP contribution >= 0.6 is 46.7 Å². The Balaban J connectivity index is 5.72. The van der Waals surface area contributed by atoms with Gasteiger partial charge in [0.05, 0.1) is 9.27 Å².